The van der Waals surface area contributed by atoms with Crippen LogP contribution in [0, 0.1) is 25.2 Å². The molecule has 0 spiro atoms. The van der Waals surface area contributed by atoms with Gasteiger partial charge in [-0.25, -0.2) is 0 Å². The molecule has 0 aliphatic carbocycles. The van der Waals surface area contributed by atoms with E-state index in [0.29, 0.717) is 12.2 Å². The Morgan fingerprint density at radius 1 is 1.45 bits per heavy atom. The molecule has 1 aromatic carbocycles. The maximum atomic E-state index is 10.5. The van der Waals surface area contributed by atoms with Gasteiger partial charge in [0.25, 0.3) is 0 Å². The van der Waals surface area contributed by atoms with E-state index in [2.05, 4.69) is 0 Å². The van der Waals surface area contributed by atoms with E-state index in [1.54, 1.807) is 6.07 Å². The van der Waals surface area contributed by atoms with Gasteiger partial charge in [-0.05, 0) is 0 Å². The van der Waals surface area contributed by atoms with Crippen LogP contribution in [-0.4, -0.2) is 6.29 Å². The molecule has 0 atom stereocenters. The van der Waals surface area contributed by atoms with Crippen LogP contribution < -0.4 is 0 Å². The topological polar surface area (TPSA) is 26.3 Å². The second-order valence-corrected chi connectivity index (χ2v) is 2.92. The number of carbonyl (C=O) groups excluding carboxylic acids is 1. The normalized spacial score (nSPS) is 9.55. The van der Waals surface area contributed by atoms with Crippen molar-refractivity contribution in [1.82, 2.24) is 0 Å². The molecule has 0 amide bonds. The van der Waals surface area contributed by atoms with Crippen LogP contribution in [0.1, 0.15) is 15.9 Å². The van der Waals surface area contributed by atoms with Gasteiger partial charge in [0.05, 0.1) is 0 Å². The van der Waals surface area contributed by atoms with Crippen LogP contribution in [0.2, 0.25) is 0 Å². The molecule has 0 saturated carbocycles. The van der Waals surface area contributed by atoms with E-state index in [1.807, 2.05) is 18.2 Å². The fraction of sp³-hybridized carbons (Fsp3) is 0.125. The van der Waals surface area contributed by atoms with Gasteiger partial charge in [-0.15, -0.1) is 0 Å². The summed E-state index contributed by atoms with van der Waals surface area (Å²) in [6.45, 7) is 0.520. The summed E-state index contributed by atoms with van der Waals surface area (Å²) in [5.74, 6) is 0. The van der Waals surface area contributed by atoms with Gasteiger partial charge in [-0.3, -0.25) is 0 Å². The quantitative estimate of drug-likeness (QED) is 0.776. The molecule has 0 N–H and O–H groups in total. The van der Waals surface area contributed by atoms with Gasteiger partial charge in [0.1, 0.15) is 0 Å². The second kappa shape index (κ2) is 4.58. The van der Waals surface area contributed by atoms with E-state index in [-0.39, 0.29) is 0 Å². The van der Waals surface area contributed by atoms with Crippen molar-refractivity contribution in [3.63, 3.8) is 0 Å². The average molecular weight is 345 g/mol. The minimum absolute atomic E-state index is 0.520. The summed E-state index contributed by atoms with van der Waals surface area (Å²) < 4.78 is 4.97. The molecule has 0 radical (unpaired) electrons. The third-order valence-electron chi connectivity index (χ3n) is 1.39. The fourth-order valence-electron chi connectivity index (χ4n) is 0.839. The summed E-state index contributed by atoms with van der Waals surface area (Å²) in [7, 11) is 0. The Kier molecular flexibility index (Phi) is 3.67. The molecule has 1 aromatic rings. The van der Waals surface area contributed by atoms with Gasteiger partial charge in [0, 0.05) is 0 Å². The van der Waals surface area contributed by atoms with Crippen molar-refractivity contribution >= 4 is 6.29 Å². The van der Waals surface area contributed by atoms with Crippen molar-refractivity contribution in [1.29, 1.82) is 0 Å². The van der Waals surface area contributed by atoms with Crippen LogP contribution in [0.4, 0.5) is 0 Å². The average Bonchev–Trinajstić information content (AvgIpc) is 2.06. The van der Waals surface area contributed by atoms with Crippen molar-refractivity contribution in [3.8, 4) is 0 Å². The van der Waals surface area contributed by atoms with E-state index in [4.69, 9.17) is 2.81 Å². The van der Waals surface area contributed by atoms with Crippen molar-refractivity contribution in [3.05, 3.63) is 35.4 Å². The Morgan fingerprint density at radius 2 is 2.18 bits per heavy atom. The minimum atomic E-state index is 0.520. The number of carbonyl (C=O) groups is 1. The van der Waals surface area contributed by atoms with Crippen molar-refractivity contribution < 1.29 is 32.8 Å². The molecule has 0 aliphatic heterocycles. The predicted molar refractivity (Wildman–Crippen MR) is 36.6 cm³/mol. The zero-order chi connectivity index (χ0) is 8.10. The molecule has 0 aromatic heterocycles. The first-order valence-electron chi connectivity index (χ1n) is 3.15. The predicted octanol–water partition coefficient (Wildman–Crippen LogP) is 1.48. The molecule has 0 heterocycles. The van der Waals surface area contributed by atoms with Crippen LogP contribution in [-0.2, 0) is 9.42 Å². The molecule has 0 unspecified atom stereocenters. The number of rotatable bonds is 3. The molecule has 0 bridgehead atoms. The third kappa shape index (κ3) is 2.35. The molecule has 11 heavy (non-hydrogen) atoms. The van der Waals surface area contributed by atoms with Gasteiger partial charge in [0.15, 0.2) is 0 Å². The third-order valence-corrected chi connectivity index (χ3v) is 1.82. The Morgan fingerprint density at radius 3 is 2.82 bits per heavy atom. The fourth-order valence-corrected chi connectivity index (χ4v) is 1.30. The Labute approximate surface area is 81.0 Å². The van der Waals surface area contributed by atoms with Gasteiger partial charge in [-0.1, -0.05) is 0 Å². The van der Waals surface area contributed by atoms with Crippen molar-refractivity contribution in [2.75, 3.05) is 0 Å². The summed E-state index contributed by atoms with van der Waals surface area (Å²) in [5, 5.41) is 0. The van der Waals surface area contributed by atoms with Gasteiger partial charge < -0.3 is 0 Å². The van der Waals surface area contributed by atoms with Crippen LogP contribution in [0.15, 0.2) is 24.3 Å². The molecular weight excluding hydrogens is 338 g/mol. The Hall–Kier alpha value is -0.267. The summed E-state index contributed by atoms with van der Waals surface area (Å²) in [4.78, 5) is 10.5. The SMILES string of the molecule is O=Cc1ccccc1CO[At]. The van der Waals surface area contributed by atoms with Gasteiger partial charge in [0.2, 0.25) is 0 Å². The van der Waals surface area contributed by atoms with Crippen LogP contribution in [0.25, 0.3) is 0 Å². The first-order valence-corrected chi connectivity index (χ1v) is 4.35. The van der Waals surface area contributed by atoms with E-state index in [1.165, 1.54) is 25.2 Å². The number of benzene rings is 1. The molecule has 58 valence electrons. The van der Waals surface area contributed by atoms with E-state index >= 15 is 0 Å². The van der Waals surface area contributed by atoms with E-state index < -0.39 is 0 Å². The summed E-state index contributed by atoms with van der Waals surface area (Å²) in [5.41, 5.74) is 1.66. The molecule has 0 saturated heterocycles. The Bertz CT molecular complexity index is 248. The second-order valence-electron chi connectivity index (χ2n) is 2.07. The van der Waals surface area contributed by atoms with E-state index in [0.717, 1.165) is 11.8 Å². The number of hydrogen-bond donors (Lipinski definition) is 0. The van der Waals surface area contributed by atoms with Crippen molar-refractivity contribution in [2.45, 2.75) is 6.61 Å². The summed E-state index contributed by atoms with van der Waals surface area (Å²) in [6.07, 6.45) is 0.848. The molecule has 0 aliphatic rings. The number of hydrogen-bond acceptors (Lipinski definition) is 2. The standard InChI is InChI=1S/C8H7AtO2/c9-11-6-8-4-2-1-3-7(8)5-10/h1-5H,6H2. The molecule has 0 fully saturated rings. The zero-order valence-electron chi connectivity index (χ0n) is 5.79. The summed E-state index contributed by atoms with van der Waals surface area (Å²) >= 11 is 1.25. The van der Waals surface area contributed by atoms with Gasteiger partial charge >= 0.3 is 81.1 Å². The maximum absolute atomic E-state index is 10.5. The zero-order valence-corrected chi connectivity index (χ0v) is 8.73. The van der Waals surface area contributed by atoms with Crippen LogP contribution >= 0.6 is 0 Å². The van der Waals surface area contributed by atoms with Crippen molar-refractivity contribution in [2.24, 2.45) is 0 Å². The monoisotopic (exact) mass is 345 g/mol. The van der Waals surface area contributed by atoms with Crippen LogP contribution in [0.3, 0.4) is 0 Å². The van der Waals surface area contributed by atoms with Crippen LogP contribution in [0.5, 0.6) is 0 Å². The first-order chi connectivity index (χ1) is 5.38. The summed E-state index contributed by atoms with van der Waals surface area (Å²) in [6, 6.07) is 7.41. The molecular formula is C8H7AtO2. The number of aldehydes is 1. The van der Waals surface area contributed by atoms with Gasteiger partial charge in [-0.2, -0.15) is 0 Å². The molecule has 3 heteroatoms. The first kappa shape index (κ1) is 8.83. The Balaban J connectivity index is 2.92. The van der Waals surface area contributed by atoms with E-state index in [9.17, 15) is 4.79 Å². The molecule has 1 rings (SSSR count). The molecule has 2 nitrogen and oxygen atoms in total.